The predicted octanol–water partition coefficient (Wildman–Crippen LogP) is 3.11. The van der Waals surface area contributed by atoms with Gasteiger partial charge < -0.3 is 10.1 Å². The van der Waals surface area contributed by atoms with E-state index in [0.717, 1.165) is 10.2 Å². The number of carbonyl (C=O) groups excluding carboxylic acids is 1. The van der Waals surface area contributed by atoms with Crippen LogP contribution in [0.3, 0.4) is 0 Å². The summed E-state index contributed by atoms with van der Waals surface area (Å²) in [6.45, 7) is 0. The lowest BCUT2D eigenvalue weighted by atomic mass is 10.2. The van der Waals surface area contributed by atoms with Crippen molar-refractivity contribution < 1.29 is 9.53 Å². The average Bonchev–Trinajstić information content (AvgIpc) is 2.39. The third-order valence-corrected chi connectivity index (χ3v) is 2.78. The van der Waals surface area contributed by atoms with Gasteiger partial charge in [0.05, 0.1) is 7.11 Å². The van der Waals surface area contributed by atoms with Gasteiger partial charge in [-0.1, -0.05) is 22.0 Å². The minimum Gasteiger partial charge on any atom is -0.481 e. The van der Waals surface area contributed by atoms with Crippen LogP contribution >= 0.6 is 15.9 Å². The number of pyridine rings is 1. The van der Waals surface area contributed by atoms with Crippen molar-refractivity contribution >= 4 is 27.5 Å². The third kappa shape index (κ3) is 3.07. The van der Waals surface area contributed by atoms with Gasteiger partial charge in [0.15, 0.2) is 0 Å². The number of amides is 1. The molecule has 2 aromatic rings. The SMILES string of the molecule is COc1cc(C(=O)Nc2cccc(Br)c2)ccn1. The molecule has 1 heterocycles. The van der Waals surface area contributed by atoms with Gasteiger partial charge in [0.2, 0.25) is 5.88 Å². The Morgan fingerprint density at radius 2 is 2.17 bits per heavy atom. The number of ether oxygens (including phenoxy) is 1. The van der Waals surface area contributed by atoms with E-state index >= 15 is 0 Å². The van der Waals surface area contributed by atoms with Gasteiger partial charge in [-0.25, -0.2) is 4.98 Å². The zero-order chi connectivity index (χ0) is 13.0. The van der Waals surface area contributed by atoms with Crippen LogP contribution in [-0.2, 0) is 0 Å². The Bertz CT molecular complexity index is 572. The molecule has 0 saturated carbocycles. The van der Waals surface area contributed by atoms with Crippen molar-refractivity contribution in [3.63, 3.8) is 0 Å². The monoisotopic (exact) mass is 306 g/mol. The molecule has 4 nitrogen and oxygen atoms in total. The summed E-state index contributed by atoms with van der Waals surface area (Å²) in [6, 6.07) is 10.6. The molecular formula is C13H11BrN2O2. The molecule has 1 N–H and O–H groups in total. The number of carbonyl (C=O) groups is 1. The fraction of sp³-hybridized carbons (Fsp3) is 0.0769. The number of nitrogens with zero attached hydrogens (tertiary/aromatic N) is 1. The molecule has 18 heavy (non-hydrogen) atoms. The molecule has 1 aromatic carbocycles. The summed E-state index contributed by atoms with van der Waals surface area (Å²) in [5.41, 5.74) is 1.23. The Morgan fingerprint density at radius 3 is 2.89 bits per heavy atom. The van der Waals surface area contributed by atoms with E-state index < -0.39 is 0 Å². The average molecular weight is 307 g/mol. The molecule has 0 aliphatic carbocycles. The molecule has 1 aromatic heterocycles. The highest BCUT2D eigenvalue weighted by Crippen LogP contribution is 2.17. The van der Waals surface area contributed by atoms with Crippen molar-refractivity contribution in [1.29, 1.82) is 0 Å². The van der Waals surface area contributed by atoms with Gasteiger partial charge in [-0.05, 0) is 24.3 Å². The molecule has 0 saturated heterocycles. The molecule has 0 spiro atoms. The van der Waals surface area contributed by atoms with E-state index in [1.165, 1.54) is 13.3 Å². The van der Waals surface area contributed by atoms with E-state index in [4.69, 9.17) is 4.74 Å². The zero-order valence-electron chi connectivity index (χ0n) is 9.68. The molecular weight excluding hydrogens is 296 g/mol. The van der Waals surface area contributed by atoms with E-state index in [0.29, 0.717) is 11.4 Å². The second kappa shape index (κ2) is 5.64. The lowest BCUT2D eigenvalue weighted by Crippen LogP contribution is -2.12. The first-order valence-corrected chi connectivity index (χ1v) is 6.05. The lowest BCUT2D eigenvalue weighted by molar-refractivity contribution is 0.102. The first kappa shape index (κ1) is 12.6. The van der Waals surface area contributed by atoms with Crippen molar-refractivity contribution in [2.45, 2.75) is 0 Å². The normalized spacial score (nSPS) is 9.89. The van der Waals surface area contributed by atoms with Crippen LogP contribution in [0.1, 0.15) is 10.4 Å². The number of benzene rings is 1. The highest BCUT2D eigenvalue weighted by molar-refractivity contribution is 9.10. The first-order chi connectivity index (χ1) is 8.69. The van der Waals surface area contributed by atoms with E-state index in [9.17, 15) is 4.79 Å². The topological polar surface area (TPSA) is 51.2 Å². The Hall–Kier alpha value is -1.88. The van der Waals surface area contributed by atoms with E-state index in [1.54, 1.807) is 12.1 Å². The van der Waals surface area contributed by atoms with Crippen LogP contribution in [0.5, 0.6) is 5.88 Å². The van der Waals surface area contributed by atoms with Gasteiger partial charge in [0.25, 0.3) is 5.91 Å². The van der Waals surface area contributed by atoms with Gasteiger partial charge >= 0.3 is 0 Å². The molecule has 1 amide bonds. The zero-order valence-corrected chi connectivity index (χ0v) is 11.3. The van der Waals surface area contributed by atoms with E-state index in [-0.39, 0.29) is 5.91 Å². The summed E-state index contributed by atoms with van der Waals surface area (Å²) < 4.78 is 5.89. The van der Waals surface area contributed by atoms with Crippen LogP contribution in [0.2, 0.25) is 0 Å². The summed E-state index contributed by atoms with van der Waals surface area (Å²) in [4.78, 5) is 15.9. The maximum absolute atomic E-state index is 12.0. The van der Waals surface area contributed by atoms with Crippen LogP contribution in [0.15, 0.2) is 47.1 Å². The maximum Gasteiger partial charge on any atom is 0.255 e. The Balaban J connectivity index is 2.16. The number of hydrogen-bond donors (Lipinski definition) is 1. The van der Waals surface area contributed by atoms with Gasteiger partial charge in [-0.3, -0.25) is 4.79 Å². The number of hydrogen-bond acceptors (Lipinski definition) is 3. The van der Waals surface area contributed by atoms with Crippen LogP contribution < -0.4 is 10.1 Å². The van der Waals surface area contributed by atoms with Crippen molar-refractivity contribution in [1.82, 2.24) is 4.98 Å². The number of halogens is 1. The van der Waals surface area contributed by atoms with Crippen LogP contribution in [0.4, 0.5) is 5.69 Å². The first-order valence-electron chi connectivity index (χ1n) is 5.26. The smallest absolute Gasteiger partial charge is 0.255 e. The highest BCUT2D eigenvalue weighted by Gasteiger charge is 2.07. The van der Waals surface area contributed by atoms with Crippen molar-refractivity contribution in [2.75, 3.05) is 12.4 Å². The maximum atomic E-state index is 12.0. The fourth-order valence-corrected chi connectivity index (χ4v) is 1.83. The Kier molecular flexibility index (Phi) is 3.94. The number of nitrogens with one attached hydrogen (secondary N) is 1. The molecule has 5 heteroatoms. The van der Waals surface area contributed by atoms with E-state index in [2.05, 4.69) is 26.2 Å². The Morgan fingerprint density at radius 1 is 1.33 bits per heavy atom. The molecule has 2 rings (SSSR count). The summed E-state index contributed by atoms with van der Waals surface area (Å²) >= 11 is 3.35. The Labute approximate surface area is 113 Å². The van der Waals surface area contributed by atoms with Gasteiger partial charge in [-0.2, -0.15) is 0 Å². The second-order valence-electron chi connectivity index (χ2n) is 3.55. The fourth-order valence-electron chi connectivity index (χ4n) is 1.43. The molecule has 0 atom stereocenters. The van der Waals surface area contributed by atoms with E-state index in [1.807, 2.05) is 24.3 Å². The minimum absolute atomic E-state index is 0.200. The minimum atomic E-state index is -0.200. The number of methoxy groups -OCH3 is 1. The summed E-state index contributed by atoms with van der Waals surface area (Å²) in [6.07, 6.45) is 1.54. The lowest BCUT2D eigenvalue weighted by Gasteiger charge is -2.06. The molecule has 0 fully saturated rings. The molecule has 92 valence electrons. The largest absolute Gasteiger partial charge is 0.481 e. The summed E-state index contributed by atoms with van der Waals surface area (Å²) in [5, 5.41) is 2.80. The molecule has 0 bridgehead atoms. The molecule has 0 radical (unpaired) electrons. The quantitative estimate of drug-likeness (QED) is 0.948. The molecule has 0 aliphatic heterocycles. The third-order valence-electron chi connectivity index (χ3n) is 2.29. The summed E-state index contributed by atoms with van der Waals surface area (Å²) in [7, 11) is 1.51. The predicted molar refractivity (Wildman–Crippen MR) is 72.9 cm³/mol. The van der Waals surface area contributed by atoms with Crippen molar-refractivity contribution in [2.24, 2.45) is 0 Å². The van der Waals surface area contributed by atoms with Gasteiger partial charge in [-0.15, -0.1) is 0 Å². The van der Waals surface area contributed by atoms with Crippen molar-refractivity contribution in [3.8, 4) is 5.88 Å². The van der Waals surface area contributed by atoms with Crippen LogP contribution in [0, 0.1) is 0 Å². The number of anilines is 1. The number of aromatic nitrogens is 1. The number of rotatable bonds is 3. The van der Waals surface area contributed by atoms with Crippen LogP contribution in [-0.4, -0.2) is 18.0 Å². The van der Waals surface area contributed by atoms with Crippen LogP contribution in [0.25, 0.3) is 0 Å². The molecule has 0 aliphatic rings. The van der Waals surface area contributed by atoms with Crippen molar-refractivity contribution in [3.05, 3.63) is 52.6 Å². The van der Waals surface area contributed by atoms with Gasteiger partial charge in [0.1, 0.15) is 0 Å². The van der Waals surface area contributed by atoms with Gasteiger partial charge in [0, 0.05) is 28.0 Å². The second-order valence-corrected chi connectivity index (χ2v) is 4.47. The highest BCUT2D eigenvalue weighted by atomic mass is 79.9. The standard InChI is InChI=1S/C13H11BrN2O2/c1-18-12-7-9(5-6-15-12)13(17)16-11-4-2-3-10(14)8-11/h2-8H,1H3,(H,16,17). The summed E-state index contributed by atoms with van der Waals surface area (Å²) in [5.74, 6) is 0.214. The molecule has 0 unspecified atom stereocenters.